The Morgan fingerprint density at radius 3 is 2.15 bits per heavy atom. The number of rotatable bonds is 6. The summed E-state index contributed by atoms with van der Waals surface area (Å²) >= 11 is -4.16. The van der Waals surface area contributed by atoms with Crippen LogP contribution in [0.4, 0.5) is 0 Å². The monoisotopic (exact) mass is 336 g/mol. The van der Waals surface area contributed by atoms with Gasteiger partial charge in [0.05, 0.1) is 0 Å². The molecule has 0 saturated heterocycles. The molecule has 2 aromatic carbocycles. The summed E-state index contributed by atoms with van der Waals surface area (Å²) in [7, 11) is 0. The van der Waals surface area contributed by atoms with Crippen LogP contribution in [0.2, 0.25) is 0 Å². The van der Waals surface area contributed by atoms with E-state index in [1.807, 2.05) is 30.3 Å². The summed E-state index contributed by atoms with van der Waals surface area (Å²) in [6.45, 7) is 0.760. The summed E-state index contributed by atoms with van der Waals surface area (Å²) in [6.07, 6.45) is 1.55. The fourth-order valence-corrected chi connectivity index (χ4v) is 3.83. The van der Waals surface area contributed by atoms with Gasteiger partial charge in [-0.05, 0) is 0 Å². The van der Waals surface area contributed by atoms with Gasteiger partial charge >= 0.3 is 120 Å². The SMILES string of the molecule is O=[Se](=O)(/C=C\COCc1ccccc1)c1ccccc1. The van der Waals surface area contributed by atoms with Crippen LogP contribution in [0.3, 0.4) is 0 Å². The average molecular weight is 335 g/mol. The van der Waals surface area contributed by atoms with Crippen molar-refractivity contribution in [1.29, 1.82) is 0 Å². The van der Waals surface area contributed by atoms with Gasteiger partial charge < -0.3 is 0 Å². The normalized spacial score (nSPS) is 11.8. The molecule has 0 saturated carbocycles. The molecule has 0 unspecified atom stereocenters. The molecule has 0 fully saturated rings. The second-order valence-electron chi connectivity index (χ2n) is 4.23. The van der Waals surface area contributed by atoms with Gasteiger partial charge in [-0.3, -0.25) is 0 Å². The van der Waals surface area contributed by atoms with Crippen LogP contribution in [-0.4, -0.2) is 19.3 Å². The molecule has 0 aliphatic carbocycles. The Balaban J connectivity index is 1.85. The molecule has 104 valence electrons. The van der Waals surface area contributed by atoms with Gasteiger partial charge in [0.1, 0.15) is 0 Å². The Morgan fingerprint density at radius 1 is 0.900 bits per heavy atom. The molecule has 2 rings (SSSR count). The van der Waals surface area contributed by atoms with E-state index in [0.717, 1.165) is 5.56 Å². The minimum absolute atomic E-state index is 0.283. The third-order valence-electron chi connectivity index (χ3n) is 2.67. The van der Waals surface area contributed by atoms with Crippen molar-refractivity contribution in [2.24, 2.45) is 0 Å². The Kier molecular flexibility index (Phi) is 5.24. The summed E-state index contributed by atoms with van der Waals surface area (Å²) in [6, 6.07) is 18.2. The van der Waals surface area contributed by atoms with E-state index in [4.69, 9.17) is 4.74 Å². The zero-order valence-electron chi connectivity index (χ0n) is 11.0. The fourth-order valence-electron chi connectivity index (χ4n) is 1.67. The van der Waals surface area contributed by atoms with E-state index < -0.39 is 12.7 Å². The van der Waals surface area contributed by atoms with Crippen LogP contribution < -0.4 is 4.46 Å². The molecule has 0 aliphatic heterocycles. The molecule has 0 amide bonds. The predicted octanol–water partition coefficient (Wildman–Crippen LogP) is 2.51. The first-order valence-electron chi connectivity index (χ1n) is 6.27. The maximum absolute atomic E-state index is 12.0. The van der Waals surface area contributed by atoms with Gasteiger partial charge in [-0.15, -0.1) is 0 Å². The molecule has 2 aromatic rings. The maximum atomic E-state index is 12.0. The van der Waals surface area contributed by atoms with Gasteiger partial charge in [-0.1, -0.05) is 0 Å². The van der Waals surface area contributed by atoms with Gasteiger partial charge in [-0.25, -0.2) is 0 Å². The third-order valence-corrected chi connectivity index (χ3v) is 5.78. The van der Waals surface area contributed by atoms with Gasteiger partial charge in [0.15, 0.2) is 0 Å². The Morgan fingerprint density at radius 2 is 1.50 bits per heavy atom. The number of hydrogen-bond acceptors (Lipinski definition) is 3. The molecule has 3 nitrogen and oxygen atoms in total. The van der Waals surface area contributed by atoms with Crippen LogP contribution in [-0.2, 0) is 19.0 Å². The molecule has 0 aromatic heterocycles. The van der Waals surface area contributed by atoms with E-state index in [1.165, 1.54) is 4.97 Å². The van der Waals surface area contributed by atoms with Gasteiger partial charge in [0.25, 0.3) is 0 Å². The molecule has 0 heterocycles. The Bertz CT molecular complexity index is 647. The summed E-state index contributed by atoms with van der Waals surface area (Å²) in [5.74, 6) is 0. The predicted molar refractivity (Wildman–Crippen MR) is 78.4 cm³/mol. The van der Waals surface area contributed by atoms with Crippen molar-refractivity contribution in [3.05, 3.63) is 77.3 Å². The zero-order valence-corrected chi connectivity index (χ0v) is 12.7. The van der Waals surface area contributed by atoms with Crippen molar-refractivity contribution in [2.45, 2.75) is 6.61 Å². The molecule has 0 radical (unpaired) electrons. The molecule has 4 heteroatoms. The summed E-state index contributed by atoms with van der Waals surface area (Å²) in [5, 5.41) is 0. The standard InChI is InChI=1S/C16H16O3Se/c17-20(18,16-10-5-2-6-11-16)13-7-12-19-14-15-8-3-1-4-9-15/h1-11,13H,12,14H2/b13-7-. The van der Waals surface area contributed by atoms with Gasteiger partial charge in [-0.2, -0.15) is 0 Å². The molecule has 0 atom stereocenters. The summed E-state index contributed by atoms with van der Waals surface area (Å²) in [5.41, 5.74) is 1.07. The van der Waals surface area contributed by atoms with Crippen LogP contribution in [0.15, 0.2) is 71.7 Å². The van der Waals surface area contributed by atoms with Crippen LogP contribution in [0.5, 0.6) is 0 Å². The third kappa shape index (κ3) is 4.42. The second-order valence-corrected chi connectivity index (χ2v) is 8.08. The van der Waals surface area contributed by atoms with Crippen LogP contribution in [0.25, 0.3) is 0 Å². The van der Waals surface area contributed by atoms with Crippen molar-refractivity contribution in [2.75, 3.05) is 6.61 Å². The summed E-state index contributed by atoms with van der Waals surface area (Å²) in [4.78, 5) is 1.26. The molecule has 0 N–H and O–H groups in total. The fraction of sp³-hybridized carbons (Fsp3) is 0.125. The molecule has 0 spiro atoms. The minimum atomic E-state index is -4.16. The van der Waals surface area contributed by atoms with Crippen molar-refractivity contribution < 1.29 is 12.4 Å². The Hall–Kier alpha value is -1.74. The van der Waals surface area contributed by atoms with E-state index in [2.05, 4.69) is 0 Å². The van der Waals surface area contributed by atoms with Crippen LogP contribution in [0, 0.1) is 0 Å². The van der Waals surface area contributed by atoms with Crippen molar-refractivity contribution >= 4 is 17.2 Å². The summed E-state index contributed by atoms with van der Waals surface area (Å²) < 4.78 is 29.8. The van der Waals surface area contributed by atoms with Crippen LogP contribution >= 0.6 is 0 Å². The van der Waals surface area contributed by atoms with E-state index in [1.54, 1.807) is 36.4 Å². The topological polar surface area (TPSA) is 43.4 Å². The van der Waals surface area contributed by atoms with E-state index >= 15 is 0 Å². The van der Waals surface area contributed by atoms with E-state index in [9.17, 15) is 7.67 Å². The van der Waals surface area contributed by atoms with E-state index in [0.29, 0.717) is 11.1 Å². The van der Waals surface area contributed by atoms with Crippen LogP contribution in [0.1, 0.15) is 5.56 Å². The first kappa shape index (κ1) is 14.7. The van der Waals surface area contributed by atoms with E-state index in [-0.39, 0.29) is 6.61 Å². The molecule has 20 heavy (non-hydrogen) atoms. The number of ether oxygens (including phenoxy) is 1. The zero-order chi connectivity index (χ0) is 14.3. The molecular weight excluding hydrogens is 319 g/mol. The molecular formula is C16H16O3Se. The van der Waals surface area contributed by atoms with Crippen molar-refractivity contribution in [3.8, 4) is 0 Å². The molecule has 0 aliphatic rings. The van der Waals surface area contributed by atoms with Gasteiger partial charge in [0, 0.05) is 0 Å². The first-order chi connectivity index (χ1) is 9.68. The second kappa shape index (κ2) is 7.15. The number of benzene rings is 2. The molecule has 0 bridgehead atoms. The van der Waals surface area contributed by atoms with Crippen molar-refractivity contribution in [1.82, 2.24) is 0 Å². The number of hydrogen-bond donors (Lipinski definition) is 0. The van der Waals surface area contributed by atoms with Gasteiger partial charge in [0.2, 0.25) is 0 Å². The van der Waals surface area contributed by atoms with Crippen molar-refractivity contribution in [3.63, 3.8) is 0 Å². The first-order valence-corrected chi connectivity index (χ1v) is 9.51. The quantitative estimate of drug-likeness (QED) is 0.602. The Labute approximate surface area is 120 Å². The average Bonchev–Trinajstić information content (AvgIpc) is 2.49.